The summed E-state index contributed by atoms with van der Waals surface area (Å²) in [6.45, 7) is -0.0248. The molecule has 2 amide bonds. The van der Waals surface area contributed by atoms with Crippen LogP contribution in [0.25, 0.3) is 0 Å². The minimum absolute atomic E-state index is 0.0128. The van der Waals surface area contributed by atoms with E-state index in [-0.39, 0.29) is 12.5 Å². The van der Waals surface area contributed by atoms with Crippen molar-refractivity contribution in [2.45, 2.75) is 37.9 Å². The molecule has 126 valence electrons. The maximum atomic E-state index is 12.1. The summed E-state index contributed by atoms with van der Waals surface area (Å²) in [4.78, 5) is 27.4. The normalized spacial score (nSPS) is 23.2. The number of carbonyl (C=O) groups excluding carboxylic acids is 2. The van der Waals surface area contributed by atoms with Crippen LogP contribution in [0.15, 0.2) is 0 Å². The summed E-state index contributed by atoms with van der Waals surface area (Å²) in [5.74, 6) is -1.04. The van der Waals surface area contributed by atoms with Gasteiger partial charge in [0.2, 0.25) is 11.8 Å². The lowest BCUT2D eigenvalue weighted by Crippen LogP contribution is -2.48. The van der Waals surface area contributed by atoms with Gasteiger partial charge in [-0.1, -0.05) is 0 Å². The van der Waals surface area contributed by atoms with Crippen LogP contribution in [0.3, 0.4) is 0 Å². The van der Waals surface area contributed by atoms with Crippen molar-refractivity contribution in [1.82, 2.24) is 15.1 Å². The highest BCUT2D eigenvalue weighted by molar-refractivity contribution is 5.80. The van der Waals surface area contributed by atoms with Crippen LogP contribution in [0.1, 0.15) is 25.7 Å². The number of carbonyl (C=O) groups is 2. The van der Waals surface area contributed by atoms with Gasteiger partial charge in [0.05, 0.1) is 12.5 Å². The van der Waals surface area contributed by atoms with Gasteiger partial charge in [-0.3, -0.25) is 14.5 Å². The molecule has 1 N–H and O–H groups in total. The molecule has 5 nitrogen and oxygen atoms in total. The number of nitrogens with zero attached hydrogens (tertiary/aromatic N) is 2. The van der Waals surface area contributed by atoms with E-state index in [0.29, 0.717) is 32.0 Å². The lowest BCUT2D eigenvalue weighted by atomic mass is 9.97. The Balaban J connectivity index is 1.78. The molecule has 0 aromatic carbocycles. The summed E-state index contributed by atoms with van der Waals surface area (Å²) in [6, 6.07) is 0.336. The predicted octanol–water partition coefficient (Wildman–Crippen LogP) is 0.998. The average molecular weight is 321 g/mol. The van der Waals surface area contributed by atoms with Gasteiger partial charge in [-0.2, -0.15) is 13.2 Å². The van der Waals surface area contributed by atoms with Gasteiger partial charge in [0, 0.05) is 19.6 Å². The van der Waals surface area contributed by atoms with E-state index in [0.717, 1.165) is 12.8 Å². The van der Waals surface area contributed by atoms with Gasteiger partial charge < -0.3 is 10.2 Å². The third-order valence-electron chi connectivity index (χ3n) is 4.19. The summed E-state index contributed by atoms with van der Waals surface area (Å²) in [5, 5.41) is 1.93. The van der Waals surface area contributed by atoms with E-state index < -0.39 is 24.5 Å². The molecule has 0 aromatic heterocycles. The highest BCUT2D eigenvalue weighted by Gasteiger charge is 2.33. The zero-order valence-corrected chi connectivity index (χ0v) is 12.7. The molecule has 2 fully saturated rings. The first-order chi connectivity index (χ1) is 10.3. The van der Waals surface area contributed by atoms with E-state index in [4.69, 9.17) is 0 Å². The highest BCUT2D eigenvalue weighted by Crippen LogP contribution is 2.26. The first-order valence-corrected chi connectivity index (χ1v) is 7.59. The van der Waals surface area contributed by atoms with E-state index in [9.17, 15) is 22.8 Å². The maximum Gasteiger partial charge on any atom is 0.405 e. The van der Waals surface area contributed by atoms with E-state index in [1.165, 1.54) is 0 Å². The maximum absolute atomic E-state index is 12.1. The number of hydrogen-bond acceptors (Lipinski definition) is 3. The molecule has 1 atom stereocenters. The molecule has 1 saturated carbocycles. The molecule has 0 radical (unpaired) electrons. The molecule has 0 bridgehead atoms. The quantitative estimate of drug-likeness (QED) is 0.822. The second kappa shape index (κ2) is 6.85. The fourth-order valence-corrected chi connectivity index (χ4v) is 2.71. The number of likely N-dealkylation sites (N-methyl/N-ethyl adjacent to an activating group) is 1. The molecule has 8 heteroatoms. The van der Waals surface area contributed by atoms with E-state index >= 15 is 0 Å². The number of hydrogen-bond donors (Lipinski definition) is 1. The molecule has 1 aliphatic heterocycles. The predicted molar refractivity (Wildman–Crippen MR) is 74.0 cm³/mol. The summed E-state index contributed by atoms with van der Waals surface area (Å²) in [5.41, 5.74) is 0. The van der Waals surface area contributed by atoms with Gasteiger partial charge in [-0.25, -0.2) is 0 Å². The van der Waals surface area contributed by atoms with Gasteiger partial charge in [-0.05, 0) is 32.2 Å². The van der Waals surface area contributed by atoms with Crippen LogP contribution in [0.5, 0.6) is 0 Å². The molecule has 2 rings (SSSR count). The Morgan fingerprint density at radius 3 is 2.55 bits per heavy atom. The lowest BCUT2D eigenvalue weighted by molar-refractivity contribution is -0.142. The van der Waals surface area contributed by atoms with Crippen molar-refractivity contribution in [3.63, 3.8) is 0 Å². The molecule has 22 heavy (non-hydrogen) atoms. The smallest absolute Gasteiger partial charge is 0.347 e. The van der Waals surface area contributed by atoms with Gasteiger partial charge >= 0.3 is 6.18 Å². The van der Waals surface area contributed by atoms with Crippen LogP contribution in [0.4, 0.5) is 13.2 Å². The van der Waals surface area contributed by atoms with Crippen molar-refractivity contribution in [2.24, 2.45) is 5.92 Å². The summed E-state index contributed by atoms with van der Waals surface area (Å²) >= 11 is 0. The van der Waals surface area contributed by atoms with Gasteiger partial charge in [-0.15, -0.1) is 0 Å². The number of piperidine rings is 1. The standard InChI is InChI=1S/C14H22F3N3O2/c1-19(11-4-5-11)12(21)8-20-6-2-3-10(7-20)13(22)18-9-14(15,16)17/h10-11H,2-9H2,1H3,(H,18,22)/t10-/m1/s1. The zero-order chi connectivity index (χ0) is 16.3. The molecule has 0 unspecified atom stereocenters. The molecule has 1 saturated heterocycles. The minimum atomic E-state index is -4.40. The molecule has 0 aromatic rings. The Morgan fingerprint density at radius 1 is 1.27 bits per heavy atom. The van der Waals surface area contributed by atoms with Crippen molar-refractivity contribution in [3.8, 4) is 0 Å². The number of rotatable bonds is 5. The first kappa shape index (κ1) is 17.1. The first-order valence-electron chi connectivity index (χ1n) is 7.59. The number of alkyl halides is 3. The lowest BCUT2D eigenvalue weighted by Gasteiger charge is -2.32. The van der Waals surface area contributed by atoms with E-state index in [2.05, 4.69) is 0 Å². The summed E-state index contributed by atoms with van der Waals surface area (Å²) in [6.07, 6.45) is -1.06. The monoisotopic (exact) mass is 321 g/mol. The Hall–Kier alpha value is -1.31. The number of nitrogens with one attached hydrogen (secondary N) is 1. The molecular weight excluding hydrogens is 299 g/mol. The topological polar surface area (TPSA) is 52.7 Å². The largest absolute Gasteiger partial charge is 0.405 e. The van der Waals surface area contributed by atoms with E-state index in [1.807, 2.05) is 10.2 Å². The fraction of sp³-hybridized carbons (Fsp3) is 0.857. The minimum Gasteiger partial charge on any atom is -0.347 e. The van der Waals surface area contributed by atoms with Crippen LogP contribution < -0.4 is 5.32 Å². The van der Waals surface area contributed by atoms with Crippen LogP contribution >= 0.6 is 0 Å². The molecule has 2 aliphatic rings. The van der Waals surface area contributed by atoms with Gasteiger partial charge in [0.1, 0.15) is 6.54 Å². The van der Waals surface area contributed by atoms with Gasteiger partial charge in [0.25, 0.3) is 0 Å². The van der Waals surface area contributed by atoms with Crippen molar-refractivity contribution >= 4 is 11.8 Å². The van der Waals surface area contributed by atoms with E-state index in [1.54, 1.807) is 11.9 Å². The number of amides is 2. The molecule has 1 aliphatic carbocycles. The van der Waals surface area contributed by atoms with Crippen LogP contribution in [0, 0.1) is 5.92 Å². The third-order valence-corrected chi connectivity index (χ3v) is 4.19. The van der Waals surface area contributed by atoms with Crippen molar-refractivity contribution in [2.75, 3.05) is 33.2 Å². The van der Waals surface area contributed by atoms with Crippen LogP contribution in [-0.2, 0) is 9.59 Å². The van der Waals surface area contributed by atoms with Crippen LogP contribution in [0.2, 0.25) is 0 Å². The van der Waals surface area contributed by atoms with Gasteiger partial charge in [0.15, 0.2) is 0 Å². The highest BCUT2D eigenvalue weighted by atomic mass is 19.4. The van der Waals surface area contributed by atoms with Crippen molar-refractivity contribution in [3.05, 3.63) is 0 Å². The summed E-state index contributed by atoms with van der Waals surface area (Å²) in [7, 11) is 1.78. The Bertz CT molecular complexity index is 424. The third kappa shape index (κ3) is 5.15. The molecule has 1 heterocycles. The fourth-order valence-electron chi connectivity index (χ4n) is 2.71. The Labute approximate surface area is 127 Å². The molecule has 0 spiro atoms. The zero-order valence-electron chi connectivity index (χ0n) is 12.7. The van der Waals surface area contributed by atoms with Crippen LogP contribution in [-0.4, -0.2) is 67.1 Å². The molecular formula is C14H22F3N3O2. The Kier molecular flexibility index (Phi) is 5.31. The second-order valence-electron chi connectivity index (χ2n) is 6.14. The number of halogens is 3. The number of likely N-dealkylation sites (tertiary alicyclic amines) is 1. The second-order valence-corrected chi connectivity index (χ2v) is 6.14. The average Bonchev–Trinajstić information content (AvgIpc) is 3.28. The Morgan fingerprint density at radius 2 is 1.95 bits per heavy atom. The SMILES string of the molecule is CN(C(=O)CN1CCC[C@@H](C(=O)NCC(F)(F)F)C1)C1CC1. The van der Waals surface area contributed by atoms with Crippen molar-refractivity contribution in [1.29, 1.82) is 0 Å². The van der Waals surface area contributed by atoms with Crippen molar-refractivity contribution < 1.29 is 22.8 Å². The summed E-state index contributed by atoms with van der Waals surface area (Å²) < 4.78 is 36.4.